The fourth-order valence-corrected chi connectivity index (χ4v) is 11.7. The predicted molar refractivity (Wildman–Crippen MR) is 186 cm³/mol. The Morgan fingerprint density at radius 2 is 1.53 bits per heavy atom. The molecule has 232 valence electrons. The standard InChI is InChI=1S/C34H52N8Si/c1-23(2)31(21-35)38-32-20-27(14-19-43(24(3)4,25(5)6)26(7)8)30-22-36-34(40-33(30)39-32)37-28-10-12-29(13-11-28)42-17-15-41(9)16-18-42/h10-13,20,22-26,31H,15-18,21,35H2,1-9H3,(H2,36,37,38,39,40). The quantitative estimate of drug-likeness (QED) is 0.180. The third-order valence-corrected chi connectivity index (χ3v) is 15.5. The van der Waals surface area contributed by atoms with Crippen LogP contribution in [0, 0.1) is 17.4 Å². The summed E-state index contributed by atoms with van der Waals surface area (Å²) in [5.74, 6) is 5.25. The van der Waals surface area contributed by atoms with Crippen LogP contribution in [-0.2, 0) is 0 Å². The van der Waals surface area contributed by atoms with E-state index in [1.807, 2.05) is 12.3 Å². The maximum atomic E-state index is 6.11. The molecule has 0 radical (unpaired) electrons. The van der Waals surface area contributed by atoms with E-state index in [1.165, 1.54) is 5.69 Å². The summed E-state index contributed by atoms with van der Waals surface area (Å²) in [5, 5.41) is 7.80. The van der Waals surface area contributed by atoms with Gasteiger partial charge in [-0.25, -0.2) is 9.97 Å². The average Bonchev–Trinajstić information content (AvgIpc) is 2.96. The number of pyridine rings is 1. The molecule has 1 atom stereocenters. The molecule has 1 unspecified atom stereocenters. The molecule has 1 saturated heterocycles. The van der Waals surface area contributed by atoms with Crippen molar-refractivity contribution >= 4 is 42.2 Å². The van der Waals surface area contributed by atoms with Gasteiger partial charge < -0.3 is 26.2 Å². The molecule has 1 aliphatic rings. The van der Waals surface area contributed by atoms with E-state index in [4.69, 9.17) is 20.7 Å². The molecular formula is C34H52N8Si. The van der Waals surface area contributed by atoms with Gasteiger partial charge >= 0.3 is 0 Å². The molecule has 3 aromatic rings. The number of hydrogen-bond donors (Lipinski definition) is 3. The van der Waals surface area contributed by atoms with E-state index in [1.54, 1.807) is 0 Å². The molecule has 8 nitrogen and oxygen atoms in total. The second-order valence-electron chi connectivity index (χ2n) is 13.3. The Bertz CT molecular complexity index is 1390. The lowest BCUT2D eigenvalue weighted by Gasteiger charge is -2.38. The number of nitrogens with one attached hydrogen (secondary N) is 2. The Kier molecular flexibility index (Phi) is 10.7. The first-order chi connectivity index (χ1) is 20.4. The lowest BCUT2D eigenvalue weighted by molar-refractivity contribution is 0.313. The Morgan fingerprint density at radius 3 is 2.09 bits per heavy atom. The number of rotatable bonds is 10. The van der Waals surface area contributed by atoms with Crippen molar-refractivity contribution in [3.8, 4) is 11.5 Å². The van der Waals surface area contributed by atoms with Crippen LogP contribution in [0.15, 0.2) is 36.5 Å². The van der Waals surface area contributed by atoms with Gasteiger partial charge in [-0.2, -0.15) is 4.98 Å². The summed E-state index contributed by atoms with van der Waals surface area (Å²) in [6, 6.07) is 10.7. The highest BCUT2D eigenvalue weighted by Gasteiger charge is 2.41. The van der Waals surface area contributed by atoms with E-state index >= 15 is 0 Å². The largest absolute Gasteiger partial charge is 0.369 e. The monoisotopic (exact) mass is 600 g/mol. The molecule has 4 rings (SSSR count). The van der Waals surface area contributed by atoms with E-state index in [0.717, 1.165) is 48.6 Å². The molecule has 4 N–H and O–H groups in total. The van der Waals surface area contributed by atoms with Crippen molar-refractivity contribution in [2.45, 2.75) is 78.1 Å². The minimum Gasteiger partial charge on any atom is -0.369 e. The van der Waals surface area contributed by atoms with Crippen LogP contribution in [0.5, 0.6) is 0 Å². The zero-order valence-electron chi connectivity index (χ0n) is 27.7. The highest BCUT2D eigenvalue weighted by atomic mass is 28.3. The zero-order valence-corrected chi connectivity index (χ0v) is 28.7. The number of likely N-dealkylation sites (N-methyl/N-ethyl adjacent to an activating group) is 1. The molecule has 0 aliphatic carbocycles. The van der Waals surface area contributed by atoms with Crippen LogP contribution in [0.2, 0.25) is 16.6 Å². The lowest BCUT2D eigenvalue weighted by Crippen LogP contribution is -2.44. The molecule has 1 fully saturated rings. The van der Waals surface area contributed by atoms with Crippen LogP contribution in [0.1, 0.15) is 61.0 Å². The Balaban J connectivity index is 1.70. The Hall–Kier alpha value is -3.19. The van der Waals surface area contributed by atoms with Gasteiger partial charge in [-0.3, -0.25) is 0 Å². The van der Waals surface area contributed by atoms with Gasteiger partial charge in [-0.05, 0) is 59.9 Å². The number of nitrogens with two attached hydrogens (primary N) is 1. The predicted octanol–water partition coefficient (Wildman–Crippen LogP) is 6.48. The number of nitrogens with zero attached hydrogens (tertiary/aromatic N) is 5. The molecule has 1 aromatic carbocycles. The molecule has 43 heavy (non-hydrogen) atoms. The SMILES string of the molecule is CC(C)C(CN)Nc1cc(C#C[Si](C(C)C)(C(C)C)C(C)C)c2cnc(Nc3ccc(N4CCN(C)CC4)cc3)nc2n1. The molecule has 2 aromatic heterocycles. The van der Waals surface area contributed by atoms with Crippen LogP contribution in [-0.4, -0.2) is 73.7 Å². The van der Waals surface area contributed by atoms with Crippen molar-refractivity contribution < 1.29 is 0 Å². The van der Waals surface area contributed by atoms with Gasteiger partial charge in [0.15, 0.2) is 5.65 Å². The third kappa shape index (κ3) is 7.49. The first kappa shape index (κ1) is 32.7. The summed E-state index contributed by atoms with van der Waals surface area (Å²) in [4.78, 5) is 19.3. The van der Waals surface area contributed by atoms with Crippen molar-refractivity contribution in [3.63, 3.8) is 0 Å². The number of aromatic nitrogens is 3. The first-order valence-electron chi connectivity index (χ1n) is 15.9. The smallest absolute Gasteiger partial charge is 0.229 e. The number of fused-ring (bicyclic) bond motifs is 1. The van der Waals surface area contributed by atoms with Gasteiger partial charge in [-0.1, -0.05) is 61.3 Å². The van der Waals surface area contributed by atoms with Crippen molar-refractivity contribution in [1.29, 1.82) is 0 Å². The highest BCUT2D eigenvalue weighted by Crippen LogP contribution is 2.41. The number of hydrogen-bond acceptors (Lipinski definition) is 8. The molecule has 0 amide bonds. The molecule has 3 heterocycles. The summed E-state index contributed by atoms with van der Waals surface area (Å²) >= 11 is 0. The van der Waals surface area contributed by atoms with Gasteiger partial charge in [0.1, 0.15) is 13.9 Å². The van der Waals surface area contributed by atoms with Crippen molar-refractivity contribution in [2.75, 3.05) is 55.3 Å². The molecule has 1 aliphatic heterocycles. The van der Waals surface area contributed by atoms with Crippen LogP contribution >= 0.6 is 0 Å². The van der Waals surface area contributed by atoms with E-state index in [-0.39, 0.29) is 6.04 Å². The molecule has 9 heteroatoms. The maximum Gasteiger partial charge on any atom is 0.229 e. The summed E-state index contributed by atoms with van der Waals surface area (Å²) in [7, 11) is 0.241. The first-order valence-corrected chi connectivity index (χ1v) is 18.2. The fourth-order valence-electron chi connectivity index (χ4n) is 6.49. The lowest BCUT2D eigenvalue weighted by atomic mass is 10.0. The summed E-state index contributed by atoms with van der Waals surface area (Å²) < 4.78 is 0. The van der Waals surface area contributed by atoms with E-state index in [0.29, 0.717) is 40.7 Å². The van der Waals surface area contributed by atoms with Gasteiger partial charge in [0.2, 0.25) is 5.95 Å². The van der Waals surface area contributed by atoms with E-state index in [2.05, 4.69) is 119 Å². The van der Waals surface area contributed by atoms with Gasteiger partial charge in [-0.15, -0.1) is 5.54 Å². The van der Waals surface area contributed by atoms with Crippen LogP contribution in [0.3, 0.4) is 0 Å². The zero-order chi connectivity index (χ0) is 31.3. The molecule has 0 spiro atoms. The van der Waals surface area contributed by atoms with Crippen molar-refractivity contribution in [2.24, 2.45) is 11.7 Å². The van der Waals surface area contributed by atoms with Gasteiger partial charge in [0.25, 0.3) is 0 Å². The minimum absolute atomic E-state index is 0.0967. The second kappa shape index (κ2) is 14.1. The Morgan fingerprint density at radius 1 is 0.907 bits per heavy atom. The van der Waals surface area contributed by atoms with Gasteiger partial charge in [0, 0.05) is 61.9 Å². The average molecular weight is 601 g/mol. The molecule has 0 saturated carbocycles. The third-order valence-electron chi connectivity index (χ3n) is 9.23. The van der Waals surface area contributed by atoms with Gasteiger partial charge in [0.05, 0.1) is 5.39 Å². The molecular weight excluding hydrogens is 549 g/mol. The minimum atomic E-state index is -1.94. The van der Waals surface area contributed by atoms with Crippen LogP contribution in [0.4, 0.5) is 23.1 Å². The summed E-state index contributed by atoms with van der Waals surface area (Å²) in [6.07, 6.45) is 1.86. The topological polar surface area (TPSA) is 95.2 Å². The highest BCUT2D eigenvalue weighted by molar-refractivity contribution is 6.90. The summed E-state index contributed by atoms with van der Waals surface area (Å²) in [5.41, 5.74) is 15.3. The summed E-state index contributed by atoms with van der Waals surface area (Å²) in [6.45, 7) is 23.1. The van der Waals surface area contributed by atoms with Crippen molar-refractivity contribution in [3.05, 3.63) is 42.1 Å². The van der Waals surface area contributed by atoms with E-state index < -0.39 is 8.07 Å². The van der Waals surface area contributed by atoms with Crippen LogP contribution < -0.4 is 21.3 Å². The maximum absolute atomic E-state index is 6.11. The van der Waals surface area contributed by atoms with Crippen LogP contribution in [0.25, 0.3) is 11.0 Å². The normalized spacial score (nSPS) is 15.3. The number of anilines is 4. The van der Waals surface area contributed by atoms with E-state index in [9.17, 15) is 0 Å². The fraction of sp³-hybridized carbons (Fsp3) is 0.559. The number of piperazine rings is 1. The Labute approximate surface area is 260 Å². The van der Waals surface area contributed by atoms with Crippen molar-refractivity contribution in [1.82, 2.24) is 19.9 Å². The molecule has 0 bridgehead atoms. The second-order valence-corrected chi connectivity index (χ2v) is 18.9. The number of benzene rings is 1.